The maximum atomic E-state index is 11.8. The summed E-state index contributed by atoms with van der Waals surface area (Å²) < 4.78 is 28.5. The molecule has 94 valence electrons. The Morgan fingerprint density at radius 3 is 3.00 bits per heavy atom. The summed E-state index contributed by atoms with van der Waals surface area (Å²) in [5, 5.41) is 3.11. The number of rotatable bonds is 4. The number of sulfone groups is 1. The normalized spacial score (nSPS) is 17.7. The molecule has 0 aliphatic carbocycles. The molecule has 0 radical (unpaired) electrons. The molecule has 0 saturated heterocycles. The second-order valence-corrected chi connectivity index (χ2v) is 6.30. The Labute approximate surface area is 102 Å². The van der Waals surface area contributed by atoms with Crippen molar-refractivity contribution in [2.75, 3.05) is 19.6 Å². The summed E-state index contributed by atoms with van der Waals surface area (Å²) in [7, 11) is -1.40. The van der Waals surface area contributed by atoms with Gasteiger partial charge in [0.05, 0.1) is 17.4 Å². The molecule has 2 rings (SSSR count). The molecular weight excluding hydrogens is 238 g/mol. The molecule has 0 fully saturated rings. The molecule has 1 heterocycles. The van der Waals surface area contributed by atoms with Crippen LogP contribution in [0.5, 0.6) is 0 Å². The van der Waals surface area contributed by atoms with Gasteiger partial charge < -0.3 is 4.74 Å². The van der Waals surface area contributed by atoms with Crippen LogP contribution in [0.3, 0.4) is 0 Å². The molecule has 4 nitrogen and oxygen atoms in total. The maximum Gasteiger partial charge on any atom is 0.178 e. The molecule has 0 saturated carbocycles. The van der Waals surface area contributed by atoms with Gasteiger partial charge in [0.2, 0.25) is 0 Å². The van der Waals surface area contributed by atoms with Crippen molar-refractivity contribution >= 4 is 9.84 Å². The first-order valence-corrected chi connectivity index (χ1v) is 7.33. The van der Waals surface area contributed by atoms with Crippen molar-refractivity contribution in [2.45, 2.75) is 24.3 Å². The van der Waals surface area contributed by atoms with Crippen LogP contribution in [-0.4, -0.2) is 28.0 Å². The lowest BCUT2D eigenvalue weighted by atomic mass is 10.1. The molecule has 17 heavy (non-hydrogen) atoms. The summed E-state index contributed by atoms with van der Waals surface area (Å²) in [5.74, 6) is 0.279. The van der Waals surface area contributed by atoms with E-state index < -0.39 is 9.84 Å². The number of aryl methyl sites for hydroxylation is 1. The molecule has 1 aliphatic rings. The first-order chi connectivity index (χ1) is 8.13. The second kappa shape index (κ2) is 5.16. The highest BCUT2D eigenvalue weighted by Crippen LogP contribution is 2.25. The molecule has 1 N–H and O–H groups in total. The number of nitrogens with one attached hydrogen (secondary N) is 1. The number of ether oxygens (including phenoxy) is 1. The van der Waals surface area contributed by atoms with E-state index in [4.69, 9.17) is 4.74 Å². The van der Waals surface area contributed by atoms with Crippen LogP contribution < -0.4 is 5.32 Å². The third-order valence-electron chi connectivity index (χ3n) is 2.89. The molecule has 5 heteroatoms. The van der Waals surface area contributed by atoms with Crippen LogP contribution >= 0.6 is 0 Å². The predicted molar refractivity (Wildman–Crippen MR) is 65.5 cm³/mol. The molecule has 0 unspecified atom stereocenters. The highest BCUT2D eigenvalue weighted by atomic mass is 32.2. The molecule has 1 aromatic rings. The van der Waals surface area contributed by atoms with Crippen LogP contribution in [0.4, 0.5) is 0 Å². The lowest BCUT2D eigenvalue weighted by molar-refractivity contribution is 0.174. The quantitative estimate of drug-likeness (QED) is 0.646. The standard InChI is InChI=1S/C12H17NO3S/c1-16-9-13-8-10-4-5-12-11(7-10)3-2-6-17(12,14)15/h4-5,7,13H,2-3,6,8-9H2,1H3. The first-order valence-electron chi connectivity index (χ1n) is 5.68. The van der Waals surface area contributed by atoms with Crippen molar-refractivity contribution in [3.63, 3.8) is 0 Å². The van der Waals surface area contributed by atoms with Gasteiger partial charge in [-0.2, -0.15) is 0 Å². The maximum absolute atomic E-state index is 11.8. The van der Waals surface area contributed by atoms with Crippen LogP contribution in [0.15, 0.2) is 23.1 Å². The van der Waals surface area contributed by atoms with E-state index in [2.05, 4.69) is 5.32 Å². The Morgan fingerprint density at radius 2 is 2.24 bits per heavy atom. The fourth-order valence-electron chi connectivity index (χ4n) is 2.10. The van der Waals surface area contributed by atoms with Crippen LogP contribution in [0, 0.1) is 0 Å². The number of methoxy groups -OCH3 is 1. The zero-order valence-electron chi connectivity index (χ0n) is 9.90. The summed E-state index contributed by atoms with van der Waals surface area (Å²) in [6.45, 7) is 1.19. The van der Waals surface area contributed by atoms with E-state index in [0.29, 0.717) is 18.2 Å². The molecule has 0 amide bonds. The topological polar surface area (TPSA) is 55.4 Å². The summed E-state index contributed by atoms with van der Waals surface area (Å²) in [6, 6.07) is 5.58. The minimum atomic E-state index is -3.03. The zero-order chi connectivity index (χ0) is 12.3. The summed E-state index contributed by atoms with van der Waals surface area (Å²) in [5.41, 5.74) is 2.05. The fraction of sp³-hybridized carbons (Fsp3) is 0.500. The van der Waals surface area contributed by atoms with Crippen LogP contribution in [0.25, 0.3) is 0 Å². The Kier molecular flexibility index (Phi) is 3.81. The second-order valence-electron chi connectivity index (χ2n) is 4.22. The number of hydrogen-bond acceptors (Lipinski definition) is 4. The van der Waals surface area contributed by atoms with Crippen molar-refractivity contribution in [2.24, 2.45) is 0 Å². The van der Waals surface area contributed by atoms with Gasteiger partial charge in [0, 0.05) is 13.7 Å². The summed E-state index contributed by atoms with van der Waals surface area (Å²) >= 11 is 0. The SMILES string of the molecule is COCNCc1ccc2c(c1)CCCS2(=O)=O. The predicted octanol–water partition coefficient (Wildman–Crippen LogP) is 1.10. The highest BCUT2D eigenvalue weighted by Gasteiger charge is 2.23. The molecule has 0 spiro atoms. The highest BCUT2D eigenvalue weighted by molar-refractivity contribution is 7.91. The van der Waals surface area contributed by atoms with Crippen LogP contribution in [0.2, 0.25) is 0 Å². The van der Waals surface area contributed by atoms with E-state index in [9.17, 15) is 8.42 Å². The van der Waals surface area contributed by atoms with Gasteiger partial charge in [-0.15, -0.1) is 0 Å². The van der Waals surface area contributed by atoms with Crippen molar-refractivity contribution in [3.8, 4) is 0 Å². The minimum absolute atomic E-state index is 0.279. The van der Waals surface area contributed by atoms with Gasteiger partial charge in [-0.05, 0) is 30.0 Å². The van der Waals surface area contributed by atoms with E-state index in [1.807, 2.05) is 12.1 Å². The first kappa shape index (κ1) is 12.5. The van der Waals surface area contributed by atoms with E-state index in [0.717, 1.165) is 24.0 Å². The lowest BCUT2D eigenvalue weighted by Gasteiger charge is -2.17. The van der Waals surface area contributed by atoms with Crippen molar-refractivity contribution < 1.29 is 13.2 Å². The Bertz CT molecular complexity index is 496. The fourth-order valence-corrected chi connectivity index (χ4v) is 3.68. The van der Waals surface area contributed by atoms with E-state index >= 15 is 0 Å². The van der Waals surface area contributed by atoms with E-state index in [1.54, 1.807) is 13.2 Å². The van der Waals surface area contributed by atoms with Crippen LogP contribution in [0.1, 0.15) is 17.5 Å². The van der Waals surface area contributed by atoms with Gasteiger partial charge in [0.1, 0.15) is 0 Å². The third-order valence-corrected chi connectivity index (χ3v) is 4.79. The van der Waals surface area contributed by atoms with Gasteiger partial charge in [0.15, 0.2) is 9.84 Å². The van der Waals surface area contributed by atoms with Crippen molar-refractivity contribution in [1.29, 1.82) is 0 Å². The van der Waals surface area contributed by atoms with Crippen LogP contribution in [-0.2, 0) is 27.5 Å². The van der Waals surface area contributed by atoms with Crippen molar-refractivity contribution in [3.05, 3.63) is 29.3 Å². The van der Waals surface area contributed by atoms with Gasteiger partial charge in [-0.3, -0.25) is 5.32 Å². The third kappa shape index (κ3) is 2.86. The molecule has 1 aromatic carbocycles. The smallest absolute Gasteiger partial charge is 0.178 e. The van der Waals surface area contributed by atoms with Gasteiger partial charge >= 0.3 is 0 Å². The van der Waals surface area contributed by atoms with Crippen molar-refractivity contribution in [1.82, 2.24) is 5.32 Å². The Hall–Kier alpha value is -0.910. The number of fused-ring (bicyclic) bond motifs is 1. The van der Waals surface area contributed by atoms with Gasteiger partial charge in [-0.25, -0.2) is 8.42 Å². The number of hydrogen-bond donors (Lipinski definition) is 1. The Balaban J connectivity index is 2.20. The Morgan fingerprint density at radius 1 is 1.41 bits per heavy atom. The van der Waals surface area contributed by atoms with E-state index in [1.165, 1.54) is 0 Å². The molecule has 0 atom stereocenters. The lowest BCUT2D eigenvalue weighted by Crippen LogP contribution is -2.18. The molecule has 1 aliphatic heterocycles. The number of benzene rings is 1. The average Bonchev–Trinajstić information content (AvgIpc) is 2.29. The van der Waals surface area contributed by atoms with Gasteiger partial charge in [0.25, 0.3) is 0 Å². The monoisotopic (exact) mass is 255 g/mol. The van der Waals surface area contributed by atoms with E-state index in [-0.39, 0.29) is 5.75 Å². The summed E-state index contributed by atoms with van der Waals surface area (Å²) in [6.07, 6.45) is 1.58. The molecule has 0 bridgehead atoms. The largest absolute Gasteiger partial charge is 0.370 e. The zero-order valence-corrected chi connectivity index (χ0v) is 10.7. The minimum Gasteiger partial charge on any atom is -0.370 e. The molecule has 0 aromatic heterocycles. The molecular formula is C12H17NO3S. The summed E-state index contributed by atoms with van der Waals surface area (Å²) in [4.78, 5) is 0.513. The van der Waals surface area contributed by atoms with Gasteiger partial charge in [-0.1, -0.05) is 12.1 Å². The average molecular weight is 255 g/mol.